The van der Waals surface area contributed by atoms with Crippen LogP contribution in [0.25, 0.3) is 0 Å². The molecule has 0 aliphatic carbocycles. The van der Waals surface area contributed by atoms with Crippen LogP contribution < -0.4 is 10.9 Å². The fourth-order valence-corrected chi connectivity index (χ4v) is 1.52. The quantitative estimate of drug-likeness (QED) is 0.815. The van der Waals surface area contributed by atoms with Crippen LogP contribution in [0.2, 0.25) is 5.02 Å². The number of nitrogens with one attached hydrogen (secondary N) is 2. The van der Waals surface area contributed by atoms with Crippen molar-refractivity contribution in [1.29, 1.82) is 0 Å². The van der Waals surface area contributed by atoms with Crippen molar-refractivity contribution in [1.82, 2.24) is 15.1 Å². The number of hydrogen-bond donors (Lipinski definition) is 2. The molecule has 1 aromatic heterocycles. The van der Waals surface area contributed by atoms with Crippen molar-refractivity contribution >= 4 is 23.2 Å². The van der Waals surface area contributed by atoms with Crippen LogP contribution in [0.15, 0.2) is 11.0 Å². The van der Waals surface area contributed by atoms with Gasteiger partial charge in [0, 0.05) is 13.1 Å². The molecule has 1 rings (SSSR count). The van der Waals surface area contributed by atoms with Crippen molar-refractivity contribution in [2.75, 3.05) is 25.0 Å². The first-order valence-electron chi connectivity index (χ1n) is 5.35. The lowest BCUT2D eigenvalue weighted by molar-refractivity contribution is -0.128. The average molecular weight is 259 g/mol. The summed E-state index contributed by atoms with van der Waals surface area (Å²) in [6.07, 6.45) is 1.37. The summed E-state index contributed by atoms with van der Waals surface area (Å²) in [5.41, 5.74) is -0.122. The zero-order valence-electron chi connectivity index (χ0n) is 9.79. The zero-order chi connectivity index (χ0) is 12.8. The van der Waals surface area contributed by atoms with Crippen LogP contribution in [0, 0.1) is 0 Å². The van der Waals surface area contributed by atoms with Crippen LogP contribution in [0.4, 0.5) is 5.69 Å². The van der Waals surface area contributed by atoms with Gasteiger partial charge >= 0.3 is 0 Å². The van der Waals surface area contributed by atoms with Gasteiger partial charge in [0.05, 0.1) is 18.4 Å². The summed E-state index contributed by atoms with van der Waals surface area (Å²) >= 11 is 5.75. The molecule has 1 heterocycles. The highest BCUT2D eigenvalue weighted by Gasteiger charge is 2.10. The van der Waals surface area contributed by atoms with Crippen LogP contribution in [-0.4, -0.2) is 40.6 Å². The minimum atomic E-state index is -0.480. The smallest absolute Gasteiger partial charge is 0.285 e. The standard InChI is InChI=1S/C10H15ClN4O2/c1-3-15(4-2)8(16)6-12-7-5-13-14-10(17)9(7)11/h5H,3-4,6H2,1-2H3,(H2,12,14,17). The number of H-pyrrole nitrogens is 1. The summed E-state index contributed by atoms with van der Waals surface area (Å²) < 4.78 is 0. The maximum absolute atomic E-state index is 11.7. The highest BCUT2D eigenvalue weighted by Crippen LogP contribution is 2.13. The van der Waals surface area contributed by atoms with E-state index in [0.29, 0.717) is 18.8 Å². The number of hydrogen-bond acceptors (Lipinski definition) is 4. The van der Waals surface area contributed by atoms with Crippen molar-refractivity contribution in [2.45, 2.75) is 13.8 Å². The molecule has 1 amide bonds. The first kappa shape index (κ1) is 13.5. The fraction of sp³-hybridized carbons (Fsp3) is 0.500. The van der Waals surface area contributed by atoms with Crippen molar-refractivity contribution in [3.05, 3.63) is 21.6 Å². The van der Waals surface area contributed by atoms with Gasteiger partial charge < -0.3 is 10.2 Å². The summed E-state index contributed by atoms with van der Waals surface area (Å²) in [7, 11) is 0. The zero-order valence-corrected chi connectivity index (χ0v) is 10.5. The summed E-state index contributed by atoms with van der Waals surface area (Å²) in [5.74, 6) is -0.0497. The lowest BCUT2D eigenvalue weighted by Gasteiger charge is -2.19. The van der Waals surface area contributed by atoms with Gasteiger partial charge in [0.15, 0.2) is 0 Å². The molecular formula is C10H15ClN4O2. The number of aromatic amines is 1. The Morgan fingerprint density at radius 1 is 1.53 bits per heavy atom. The van der Waals surface area contributed by atoms with E-state index in [9.17, 15) is 9.59 Å². The van der Waals surface area contributed by atoms with E-state index in [2.05, 4.69) is 15.5 Å². The second-order valence-corrected chi connectivity index (χ2v) is 3.72. The number of amides is 1. The molecule has 1 aromatic rings. The number of likely N-dealkylation sites (N-methyl/N-ethyl adjacent to an activating group) is 1. The van der Waals surface area contributed by atoms with E-state index >= 15 is 0 Å². The number of anilines is 1. The van der Waals surface area contributed by atoms with Crippen LogP contribution in [0.1, 0.15) is 13.8 Å². The van der Waals surface area contributed by atoms with Gasteiger partial charge in [0.25, 0.3) is 5.56 Å². The molecule has 0 saturated heterocycles. The Balaban J connectivity index is 2.65. The maximum Gasteiger partial charge on any atom is 0.285 e. The number of nitrogens with zero attached hydrogens (tertiary/aromatic N) is 2. The van der Waals surface area contributed by atoms with Crippen molar-refractivity contribution < 1.29 is 4.79 Å². The number of halogens is 1. The molecule has 0 fully saturated rings. The third-order valence-electron chi connectivity index (χ3n) is 2.34. The van der Waals surface area contributed by atoms with Crippen molar-refractivity contribution in [3.63, 3.8) is 0 Å². The third-order valence-corrected chi connectivity index (χ3v) is 2.72. The molecule has 0 bridgehead atoms. The van der Waals surface area contributed by atoms with Gasteiger partial charge in [-0.2, -0.15) is 5.10 Å². The summed E-state index contributed by atoms with van der Waals surface area (Å²) in [6.45, 7) is 5.20. The number of carbonyl (C=O) groups is 1. The van der Waals surface area contributed by atoms with E-state index in [-0.39, 0.29) is 17.5 Å². The number of rotatable bonds is 5. The lowest BCUT2D eigenvalue weighted by atomic mass is 10.4. The second kappa shape index (κ2) is 6.24. The Bertz CT molecular complexity index is 442. The molecule has 0 unspecified atom stereocenters. The van der Waals surface area contributed by atoms with Gasteiger partial charge in [-0.15, -0.1) is 0 Å². The van der Waals surface area contributed by atoms with Crippen LogP contribution in [0.5, 0.6) is 0 Å². The Kier molecular flexibility index (Phi) is 4.96. The average Bonchev–Trinajstić information content (AvgIpc) is 2.32. The summed E-state index contributed by atoms with van der Waals surface area (Å²) in [6, 6.07) is 0. The Morgan fingerprint density at radius 2 is 2.18 bits per heavy atom. The summed E-state index contributed by atoms with van der Waals surface area (Å²) in [4.78, 5) is 24.5. The number of carbonyl (C=O) groups excluding carboxylic acids is 1. The molecule has 17 heavy (non-hydrogen) atoms. The highest BCUT2D eigenvalue weighted by molar-refractivity contribution is 6.32. The molecule has 0 radical (unpaired) electrons. The third kappa shape index (κ3) is 3.45. The van der Waals surface area contributed by atoms with E-state index in [4.69, 9.17) is 11.6 Å². The van der Waals surface area contributed by atoms with Gasteiger partial charge in [-0.05, 0) is 13.8 Å². The van der Waals surface area contributed by atoms with Crippen molar-refractivity contribution in [3.8, 4) is 0 Å². The van der Waals surface area contributed by atoms with Gasteiger partial charge in [-0.1, -0.05) is 11.6 Å². The van der Waals surface area contributed by atoms with E-state index in [0.717, 1.165) is 0 Å². The fourth-order valence-electron chi connectivity index (χ4n) is 1.37. The molecule has 0 aliphatic heterocycles. The first-order chi connectivity index (χ1) is 8.10. The Labute approximate surface area is 104 Å². The van der Waals surface area contributed by atoms with Crippen LogP contribution >= 0.6 is 11.6 Å². The summed E-state index contributed by atoms with van der Waals surface area (Å²) in [5, 5.41) is 8.60. The minimum Gasteiger partial charge on any atom is -0.373 e. The molecule has 0 aromatic carbocycles. The molecule has 7 heteroatoms. The molecular weight excluding hydrogens is 244 g/mol. The van der Waals surface area contributed by atoms with Gasteiger partial charge in [-0.25, -0.2) is 5.10 Å². The van der Waals surface area contributed by atoms with Gasteiger partial charge in [0.2, 0.25) is 5.91 Å². The van der Waals surface area contributed by atoms with Crippen LogP contribution in [-0.2, 0) is 4.79 Å². The van der Waals surface area contributed by atoms with Gasteiger partial charge in [0.1, 0.15) is 5.02 Å². The molecule has 0 aliphatic rings. The molecule has 6 nitrogen and oxygen atoms in total. The predicted octanol–water partition coefficient (Wildman–Crippen LogP) is 0.704. The Hall–Kier alpha value is -1.56. The van der Waals surface area contributed by atoms with Crippen LogP contribution in [0.3, 0.4) is 0 Å². The highest BCUT2D eigenvalue weighted by atomic mass is 35.5. The molecule has 94 valence electrons. The molecule has 0 spiro atoms. The minimum absolute atomic E-state index is 0.00680. The molecule has 0 atom stereocenters. The SMILES string of the molecule is CCN(CC)C(=O)CNc1cn[nH]c(=O)c1Cl. The largest absolute Gasteiger partial charge is 0.373 e. The van der Waals surface area contributed by atoms with Gasteiger partial charge in [-0.3, -0.25) is 9.59 Å². The topological polar surface area (TPSA) is 78.1 Å². The van der Waals surface area contributed by atoms with E-state index in [1.807, 2.05) is 13.8 Å². The number of aromatic nitrogens is 2. The lowest BCUT2D eigenvalue weighted by Crippen LogP contribution is -2.35. The monoisotopic (exact) mass is 258 g/mol. The first-order valence-corrected chi connectivity index (χ1v) is 5.72. The predicted molar refractivity (Wildman–Crippen MR) is 66.3 cm³/mol. The second-order valence-electron chi connectivity index (χ2n) is 3.35. The van der Waals surface area contributed by atoms with Crippen molar-refractivity contribution in [2.24, 2.45) is 0 Å². The van der Waals surface area contributed by atoms with E-state index in [1.165, 1.54) is 6.20 Å². The molecule has 2 N–H and O–H groups in total. The van der Waals surface area contributed by atoms with E-state index in [1.54, 1.807) is 4.90 Å². The normalized spacial score (nSPS) is 10.1. The van der Waals surface area contributed by atoms with E-state index < -0.39 is 5.56 Å². The molecule has 0 saturated carbocycles. The Morgan fingerprint density at radius 3 is 2.76 bits per heavy atom. The maximum atomic E-state index is 11.7.